The number of thiophene rings is 1. The second-order valence-electron chi connectivity index (χ2n) is 6.51. The summed E-state index contributed by atoms with van der Waals surface area (Å²) in [5.74, 6) is -0.503. The van der Waals surface area contributed by atoms with E-state index in [1.807, 2.05) is 16.0 Å². The van der Waals surface area contributed by atoms with Gasteiger partial charge in [0.25, 0.3) is 5.91 Å². The molecule has 2 heterocycles. The van der Waals surface area contributed by atoms with Gasteiger partial charge in [-0.15, -0.1) is 11.3 Å². The Bertz CT molecular complexity index is 951. The van der Waals surface area contributed by atoms with Crippen molar-refractivity contribution in [1.82, 2.24) is 4.57 Å². The van der Waals surface area contributed by atoms with E-state index in [1.165, 1.54) is 29.5 Å². The molecular weight excluding hydrogens is 361 g/mol. The number of aromatic nitrogens is 1. The van der Waals surface area contributed by atoms with Crippen LogP contribution in [0.3, 0.4) is 0 Å². The van der Waals surface area contributed by atoms with Crippen molar-refractivity contribution in [2.45, 2.75) is 37.9 Å². The van der Waals surface area contributed by atoms with Gasteiger partial charge in [0.2, 0.25) is 0 Å². The zero-order chi connectivity index (χ0) is 18.3. The molecule has 1 N–H and O–H groups in total. The van der Waals surface area contributed by atoms with Gasteiger partial charge in [-0.05, 0) is 42.5 Å². The Morgan fingerprint density at radius 1 is 1.15 bits per heavy atom. The lowest BCUT2D eigenvalue weighted by Gasteiger charge is -2.18. The molecule has 1 amide bonds. The topological polar surface area (TPSA) is 34.0 Å². The highest BCUT2D eigenvalue weighted by atomic mass is 32.1. The van der Waals surface area contributed by atoms with E-state index in [0.717, 1.165) is 42.0 Å². The zero-order valence-electron chi connectivity index (χ0n) is 13.8. The standard InChI is InChI=1S/C19H17F3N2OS/c20-19(21,22)13-7-3-4-8-14(13)23-18(25)16-11-17-15(9-10-26-17)24(16)12-5-1-2-6-12/h3-4,7-12H,1-2,5-6H2,(H,23,25). The van der Waals surface area contributed by atoms with Crippen molar-refractivity contribution < 1.29 is 18.0 Å². The summed E-state index contributed by atoms with van der Waals surface area (Å²) in [5.41, 5.74) is 0.355. The molecule has 3 nitrogen and oxygen atoms in total. The fourth-order valence-corrected chi connectivity index (χ4v) is 4.51. The predicted molar refractivity (Wildman–Crippen MR) is 96.7 cm³/mol. The molecule has 7 heteroatoms. The molecule has 0 spiro atoms. The first kappa shape index (κ1) is 17.1. The number of rotatable bonds is 3. The van der Waals surface area contributed by atoms with Crippen LogP contribution in [0.15, 0.2) is 41.8 Å². The summed E-state index contributed by atoms with van der Waals surface area (Å²) in [5, 5.41) is 4.44. The van der Waals surface area contributed by atoms with Gasteiger partial charge in [0.1, 0.15) is 5.69 Å². The molecule has 1 aliphatic carbocycles. The van der Waals surface area contributed by atoms with Gasteiger partial charge in [0.15, 0.2) is 0 Å². The van der Waals surface area contributed by atoms with E-state index in [1.54, 1.807) is 6.07 Å². The van der Waals surface area contributed by atoms with Crippen LogP contribution in [0.5, 0.6) is 0 Å². The maximum Gasteiger partial charge on any atom is 0.418 e. The van der Waals surface area contributed by atoms with E-state index in [4.69, 9.17) is 0 Å². The van der Waals surface area contributed by atoms with Crippen molar-refractivity contribution in [3.63, 3.8) is 0 Å². The number of amides is 1. The Morgan fingerprint density at radius 3 is 2.62 bits per heavy atom. The van der Waals surface area contributed by atoms with E-state index in [-0.39, 0.29) is 11.7 Å². The second-order valence-corrected chi connectivity index (χ2v) is 7.45. The molecule has 1 aliphatic rings. The number of alkyl halides is 3. The van der Waals surface area contributed by atoms with E-state index >= 15 is 0 Å². The van der Waals surface area contributed by atoms with Crippen molar-refractivity contribution in [2.24, 2.45) is 0 Å². The smallest absolute Gasteiger partial charge is 0.333 e. The first-order valence-corrected chi connectivity index (χ1v) is 9.39. The molecule has 1 saturated carbocycles. The summed E-state index contributed by atoms with van der Waals surface area (Å²) in [6, 6.07) is 9.04. The Balaban J connectivity index is 1.72. The first-order valence-electron chi connectivity index (χ1n) is 8.51. The lowest BCUT2D eigenvalue weighted by molar-refractivity contribution is -0.136. The molecular formula is C19H17F3N2OS. The SMILES string of the molecule is O=C(Nc1ccccc1C(F)(F)F)c1cc2sccc2n1C1CCCC1. The third-order valence-electron chi connectivity index (χ3n) is 4.86. The highest BCUT2D eigenvalue weighted by Crippen LogP contribution is 2.38. The molecule has 3 aromatic rings. The predicted octanol–water partition coefficient (Wildman–Crippen LogP) is 6.09. The summed E-state index contributed by atoms with van der Waals surface area (Å²) in [4.78, 5) is 12.8. The fourth-order valence-electron chi connectivity index (χ4n) is 3.70. The Labute approximate surface area is 152 Å². The molecule has 0 saturated heterocycles. The van der Waals surface area contributed by atoms with Gasteiger partial charge in [0.05, 0.1) is 21.5 Å². The number of hydrogen-bond donors (Lipinski definition) is 1. The van der Waals surface area contributed by atoms with Crippen molar-refractivity contribution in [3.8, 4) is 0 Å². The fraction of sp³-hybridized carbons (Fsp3) is 0.316. The number of para-hydroxylation sites is 1. The Kier molecular flexibility index (Phi) is 4.26. The molecule has 136 valence electrons. The lowest BCUT2D eigenvalue weighted by Crippen LogP contribution is -2.21. The molecule has 26 heavy (non-hydrogen) atoms. The molecule has 0 atom stereocenters. The van der Waals surface area contributed by atoms with Gasteiger partial charge in [-0.2, -0.15) is 13.2 Å². The van der Waals surface area contributed by atoms with Gasteiger partial charge in [-0.3, -0.25) is 4.79 Å². The normalized spacial score (nSPS) is 15.7. The number of halogens is 3. The number of fused-ring (bicyclic) bond motifs is 1. The number of benzene rings is 1. The first-order chi connectivity index (χ1) is 12.4. The van der Waals surface area contributed by atoms with Crippen LogP contribution < -0.4 is 5.32 Å². The Morgan fingerprint density at radius 2 is 1.88 bits per heavy atom. The van der Waals surface area contributed by atoms with Gasteiger partial charge in [-0.1, -0.05) is 25.0 Å². The largest absolute Gasteiger partial charge is 0.418 e. The van der Waals surface area contributed by atoms with Crippen LogP contribution in [0.1, 0.15) is 47.8 Å². The van der Waals surface area contributed by atoms with Crippen LogP contribution >= 0.6 is 11.3 Å². The highest BCUT2D eigenvalue weighted by molar-refractivity contribution is 7.17. The molecule has 0 radical (unpaired) electrons. The van der Waals surface area contributed by atoms with E-state index in [2.05, 4.69) is 5.32 Å². The molecule has 0 bridgehead atoms. The highest BCUT2D eigenvalue weighted by Gasteiger charge is 2.34. The molecule has 2 aromatic heterocycles. The second kappa shape index (κ2) is 6.46. The maximum atomic E-state index is 13.2. The number of nitrogens with one attached hydrogen (secondary N) is 1. The molecule has 1 fully saturated rings. The monoisotopic (exact) mass is 378 g/mol. The lowest BCUT2D eigenvalue weighted by atomic mass is 10.1. The van der Waals surface area contributed by atoms with Gasteiger partial charge in [0, 0.05) is 6.04 Å². The van der Waals surface area contributed by atoms with Crippen LogP contribution in [0.25, 0.3) is 10.2 Å². The number of hydrogen-bond acceptors (Lipinski definition) is 2. The van der Waals surface area contributed by atoms with Gasteiger partial charge < -0.3 is 9.88 Å². The summed E-state index contributed by atoms with van der Waals surface area (Å²) >= 11 is 1.53. The molecule has 4 rings (SSSR count). The number of nitrogens with zero attached hydrogens (tertiary/aromatic N) is 1. The van der Waals surface area contributed by atoms with Crippen LogP contribution in [0, 0.1) is 0 Å². The number of carbonyl (C=O) groups excluding carboxylic acids is 1. The zero-order valence-corrected chi connectivity index (χ0v) is 14.7. The quantitative estimate of drug-likeness (QED) is 0.588. The minimum Gasteiger partial charge on any atom is -0.333 e. The van der Waals surface area contributed by atoms with E-state index in [0.29, 0.717) is 5.69 Å². The molecule has 0 unspecified atom stereocenters. The summed E-state index contributed by atoms with van der Waals surface area (Å²) in [7, 11) is 0. The van der Waals surface area contributed by atoms with Crippen LogP contribution in [-0.2, 0) is 6.18 Å². The molecule has 1 aromatic carbocycles. The average Bonchev–Trinajstić information content (AvgIpc) is 3.30. The minimum absolute atomic E-state index is 0.215. The van der Waals surface area contributed by atoms with Crippen molar-refractivity contribution in [2.75, 3.05) is 5.32 Å². The van der Waals surface area contributed by atoms with Gasteiger partial charge in [-0.25, -0.2) is 0 Å². The summed E-state index contributed by atoms with van der Waals surface area (Å²) < 4.78 is 42.5. The third-order valence-corrected chi connectivity index (χ3v) is 5.72. The van der Waals surface area contributed by atoms with Crippen molar-refractivity contribution in [3.05, 3.63) is 53.0 Å². The van der Waals surface area contributed by atoms with E-state index in [9.17, 15) is 18.0 Å². The van der Waals surface area contributed by atoms with Crippen LogP contribution in [-0.4, -0.2) is 10.5 Å². The van der Waals surface area contributed by atoms with Crippen LogP contribution in [0.2, 0.25) is 0 Å². The average molecular weight is 378 g/mol. The number of anilines is 1. The maximum absolute atomic E-state index is 13.2. The summed E-state index contributed by atoms with van der Waals surface area (Å²) in [6.07, 6.45) is -0.339. The number of carbonyl (C=O) groups is 1. The van der Waals surface area contributed by atoms with Crippen LogP contribution in [0.4, 0.5) is 18.9 Å². The Hall–Kier alpha value is -2.28. The molecule has 0 aliphatic heterocycles. The van der Waals surface area contributed by atoms with E-state index < -0.39 is 17.6 Å². The minimum atomic E-state index is -4.52. The van der Waals surface area contributed by atoms with Gasteiger partial charge >= 0.3 is 6.18 Å². The third kappa shape index (κ3) is 3.00. The van der Waals surface area contributed by atoms with Crippen molar-refractivity contribution >= 4 is 33.1 Å². The van der Waals surface area contributed by atoms with Crippen molar-refractivity contribution in [1.29, 1.82) is 0 Å². The summed E-state index contributed by atoms with van der Waals surface area (Å²) in [6.45, 7) is 0.